The zero-order valence-electron chi connectivity index (χ0n) is 28.4. The zero-order valence-corrected chi connectivity index (χ0v) is 29.2. The van der Waals surface area contributed by atoms with Crippen molar-refractivity contribution >= 4 is 52.0 Å². The largest absolute Gasteiger partial charge is 0.457 e. The van der Waals surface area contributed by atoms with E-state index in [-0.39, 0.29) is 23.2 Å². The molecular formula is C33H45N7O6S. The van der Waals surface area contributed by atoms with Crippen LogP contribution in [0, 0.1) is 0 Å². The van der Waals surface area contributed by atoms with Crippen molar-refractivity contribution in [1.29, 1.82) is 0 Å². The van der Waals surface area contributed by atoms with Gasteiger partial charge in [-0.1, -0.05) is 20.8 Å². The molecule has 1 aliphatic heterocycles. The Hall–Kier alpha value is -4.30. The van der Waals surface area contributed by atoms with Gasteiger partial charge in [0.25, 0.3) is 11.5 Å². The van der Waals surface area contributed by atoms with Crippen LogP contribution in [0.2, 0.25) is 0 Å². The number of carbonyl (C=O) groups excluding carboxylic acids is 3. The highest BCUT2D eigenvalue weighted by molar-refractivity contribution is 7.14. The third-order valence-electron chi connectivity index (χ3n) is 7.17. The van der Waals surface area contributed by atoms with Gasteiger partial charge in [-0.05, 0) is 65.9 Å². The second kappa shape index (κ2) is 14.6. The van der Waals surface area contributed by atoms with E-state index in [1.54, 1.807) is 20.8 Å². The number of hydrogen-bond acceptors (Lipinski definition) is 11. The van der Waals surface area contributed by atoms with Crippen LogP contribution in [0.15, 0.2) is 34.6 Å². The molecule has 1 fully saturated rings. The summed E-state index contributed by atoms with van der Waals surface area (Å²) in [5, 5.41) is 7.98. The van der Waals surface area contributed by atoms with Crippen LogP contribution in [-0.4, -0.2) is 89.2 Å². The molecule has 1 aliphatic rings. The highest BCUT2D eigenvalue weighted by Crippen LogP contribution is 2.27. The van der Waals surface area contributed by atoms with Crippen molar-refractivity contribution in [3.63, 3.8) is 0 Å². The summed E-state index contributed by atoms with van der Waals surface area (Å²) in [4.78, 5) is 65.3. The van der Waals surface area contributed by atoms with Gasteiger partial charge in [0, 0.05) is 48.3 Å². The summed E-state index contributed by atoms with van der Waals surface area (Å²) in [6.45, 7) is 13.4. The van der Waals surface area contributed by atoms with E-state index in [9.17, 15) is 19.2 Å². The molecule has 47 heavy (non-hydrogen) atoms. The van der Waals surface area contributed by atoms with Gasteiger partial charge in [0.2, 0.25) is 0 Å². The van der Waals surface area contributed by atoms with Gasteiger partial charge in [0.1, 0.15) is 23.2 Å². The molecule has 0 bridgehead atoms. The Bertz CT molecular complexity index is 1700. The fourth-order valence-corrected chi connectivity index (χ4v) is 5.73. The van der Waals surface area contributed by atoms with E-state index in [1.165, 1.54) is 46.2 Å². The lowest BCUT2D eigenvalue weighted by Gasteiger charge is -2.34. The van der Waals surface area contributed by atoms with Crippen LogP contribution >= 0.6 is 11.3 Å². The zero-order chi connectivity index (χ0) is 34.5. The van der Waals surface area contributed by atoms with E-state index in [0.717, 1.165) is 5.69 Å². The van der Waals surface area contributed by atoms with Crippen molar-refractivity contribution in [1.82, 2.24) is 24.6 Å². The fourth-order valence-electron chi connectivity index (χ4n) is 4.80. The molecule has 254 valence electrons. The first-order valence-corrected chi connectivity index (χ1v) is 16.5. The average molecular weight is 668 g/mol. The normalized spacial score (nSPS) is 15.7. The summed E-state index contributed by atoms with van der Waals surface area (Å²) in [5.41, 5.74) is 0.266. The molecule has 0 spiro atoms. The Morgan fingerprint density at radius 3 is 2.55 bits per heavy atom. The third kappa shape index (κ3) is 9.85. The highest BCUT2D eigenvalue weighted by atomic mass is 32.1. The van der Waals surface area contributed by atoms with Crippen LogP contribution < -0.4 is 21.1 Å². The summed E-state index contributed by atoms with van der Waals surface area (Å²) in [6, 6.07) is 3.07. The number of esters is 1. The lowest BCUT2D eigenvalue weighted by molar-refractivity contribution is -0.148. The number of carbonyl (C=O) groups is 3. The first kappa shape index (κ1) is 35.6. The molecule has 4 rings (SSSR count). The second-order valence-electron chi connectivity index (χ2n) is 13.8. The van der Waals surface area contributed by atoms with Gasteiger partial charge in [0.05, 0.1) is 17.8 Å². The Kier molecular flexibility index (Phi) is 11.1. The van der Waals surface area contributed by atoms with E-state index in [2.05, 4.69) is 15.6 Å². The van der Waals surface area contributed by atoms with E-state index in [4.69, 9.17) is 14.5 Å². The Balaban J connectivity index is 1.66. The molecule has 14 heteroatoms. The molecule has 1 saturated heterocycles. The van der Waals surface area contributed by atoms with E-state index in [0.29, 0.717) is 49.0 Å². The van der Waals surface area contributed by atoms with Crippen LogP contribution in [0.4, 0.5) is 15.7 Å². The molecule has 13 nitrogen and oxygen atoms in total. The molecular weight excluding hydrogens is 622 g/mol. The lowest BCUT2D eigenvalue weighted by atomic mass is 9.93. The third-order valence-corrected chi connectivity index (χ3v) is 7.93. The van der Waals surface area contributed by atoms with Gasteiger partial charge in [-0.15, -0.1) is 11.3 Å². The number of nitrogens with one attached hydrogen (secondary N) is 2. The van der Waals surface area contributed by atoms with Gasteiger partial charge in [0.15, 0.2) is 5.13 Å². The molecule has 0 aliphatic carbocycles. The Morgan fingerprint density at radius 1 is 1.15 bits per heavy atom. The van der Waals surface area contributed by atoms with Crippen LogP contribution in [0.3, 0.4) is 0 Å². The van der Waals surface area contributed by atoms with Crippen LogP contribution in [0.1, 0.15) is 76.0 Å². The molecule has 0 unspecified atom stereocenters. The number of fused-ring (bicyclic) bond motifs is 1. The number of alkyl carbamates (subject to hydrolysis) is 1. The van der Waals surface area contributed by atoms with E-state index < -0.39 is 35.2 Å². The quantitative estimate of drug-likeness (QED) is 0.250. The summed E-state index contributed by atoms with van der Waals surface area (Å²) >= 11 is 1.34. The molecule has 0 saturated carbocycles. The summed E-state index contributed by atoms with van der Waals surface area (Å²) in [6.07, 6.45) is 4.46. The van der Waals surface area contributed by atoms with Gasteiger partial charge in [-0.2, -0.15) is 0 Å². The number of anilines is 2. The van der Waals surface area contributed by atoms with Gasteiger partial charge >= 0.3 is 12.1 Å². The molecule has 0 radical (unpaired) electrons. The number of amides is 2. The molecule has 4 heterocycles. The SMILES string of the molecule is CN(C)CCNC(=O)O[C@@H]1CCCN(c2nc3cc(C(=O)Nc4nc(C(C)(C)C)cs4)ccn3c(=O)c2C=CC(=O)OC(C)(C)C)C1. The van der Waals surface area contributed by atoms with Crippen LogP contribution in [0.5, 0.6) is 0 Å². The van der Waals surface area contributed by atoms with Crippen LogP contribution in [-0.2, 0) is 19.7 Å². The average Bonchev–Trinajstić information content (AvgIpc) is 3.44. The van der Waals surface area contributed by atoms with Crippen molar-refractivity contribution in [3.05, 3.63) is 57.0 Å². The topological polar surface area (TPSA) is 147 Å². The number of thiazole rings is 1. The fraction of sp³-hybridized carbons (Fsp3) is 0.515. The van der Waals surface area contributed by atoms with Crippen molar-refractivity contribution in [2.24, 2.45) is 0 Å². The number of likely N-dealkylation sites (N-methyl/N-ethyl adjacent to an activating group) is 1. The number of rotatable bonds is 9. The minimum atomic E-state index is -0.713. The lowest BCUT2D eigenvalue weighted by Crippen LogP contribution is -2.44. The van der Waals surface area contributed by atoms with Crippen molar-refractivity contribution < 1.29 is 23.9 Å². The molecule has 2 amide bonds. The maximum atomic E-state index is 13.9. The van der Waals surface area contributed by atoms with Gasteiger partial charge in [-0.25, -0.2) is 19.6 Å². The summed E-state index contributed by atoms with van der Waals surface area (Å²) < 4.78 is 12.4. The smallest absolute Gasteiger partial charge is 0.407 e. The number of hydrogen-bond donors (Lipinski definition) is 2. The van der Waals surface area contributed by atoms with Gasteiger partial charge < -0.3 is 24.6 Å². The molecule has 3 aromatic heterocycles. The maximum Gasteiger partial charge on any atom is 0.407 e. The predicted octanol–water partition coefficient (Wildman–Crippen LogP) is 4.31. The summed E-state index contributed by atoms with van der Waals surface area (Å²) in [7, 11) is 3.83. The Labute approximate surface area is 279 Å². The molecule has 2 N–H and O–H groups in total. The summed E-state index contributed by atoms with van der Waals surface area (Å²) in [5.74, 6) is -0.687. The minimum absolute atomic E-state index is 0.159. The maximum absolute atomic E-state index is 13.9. The second-order valence-corrected chi connectivity index (χ2v) is 14.6. The first-order valence-electron chi connectivity index (χ1n) is 15.6. The first-order chi connectivity index (χ1) is 22.0. The predicted molar refractivity (Wildman–Crippen MR) is 183 cm³/mol. The highest BCUT2D eigenvalue weighted by Gasteiger charge is 2.27. The van der Waals surface area contributed by atoms with E-state index >= 15 is 0 Å². The molecule has 3 aromatic rings. The minimum Gasteiger partial charge on any atom is -0.457 e. The van der Waals surface area contributed by atoms with E-state index in [1.807, 2.05) is 50.0 Å². The van der Waals surface area contributed by atoms with Crippen molar-refractivity contribution in [2.75, 3.05) is 50.5 Å². The number of piperidine rings is 1. The number of pyridine rings is 1. The standard InChI is InChI=1S/C33H45N7O6S/c1-32(2,3)24-20-47-30(35-24)37-28(42)21-13-16-40-25(18-21)36-27(23(29(40)43)11-12-26(41)46-33(4,5)6)39-15-9-10-22(19-39)45-31(44)34-14-17-38(7)8/h11-13,16,18,20,22H,9-10,14-15,17,19H2,1-8H3,(H,34,44)(H,35,37,42)/t22-/m1/s1. The number of aromatic nitrogens is 3. The molecule has 0 aromatic carbocycles. The molecule has 1 atom stereocenters. The monoisotopic (exact) mass is 667 g/mol. The number of nitrogens with zero attached hydrogens (tertiary/aromatic N) is 5. The number of ether oxygens (including phenoxy) is 2. The van der Waals surface area contributed by atoms with Gasteiger partial charge in [-0.3, -0.25) is 19.3 Å². The van der Waals surface area contributed by atoms with Crippen molar-refractivity contribution in [3.8, 4) is 0 Å². The van der Waals surface area contributed by atoms with Crippen molar-refractivity contribution in [2.45, 2.75) is 71.5 Å². The Morgan fingerprint density at radius 2 is 1.89 bits per heavy atom. The van der Waals surface area contributed by atoms with Crippen LogP contribution in [0.25, 0.3) is 11.7 Å².